The Labute approximate surface area is 240 Å². The molecule has 0 aliphatic heterocycles. The van der Waals surface area contributed by atoms with E-state index in [0.29, 0.717) is 28.5 Å². The number of nitrogens with one attached hydrogen (secondary N) is 1. The molecule has 6 heteroatoms. The van der Waals surface area contributed by atoms with Crippen LogP contribution in [0.15, 0.2) is 91.0 Å². The van der Waals surface area contributed by atoms with E-state index in [1.165, 1.54) is 0 Å². The number of aryl methyl sites for hydroxylation is 1. The minimum absolute atomic E-state index is 0.127. The van der Waals surface area contributed by atoms with E-state index in [4.69, 9.17) is 23.2 Å². The van der Waals surface area contributed by atoms with Crippen LogP contribution in [0.2, 0.25) is 10.0 Å². The van der Waals surface area contributed by atoms with E-state index in [2.05, 4.69) is 29.6 Å². The van der Waals surface area contributed by atoms with Crippen LogP contribution in [-0.2, 0) is 29.0 Å². The quantitative estimate of drug-likeness (QED) is 0.228. The summed E-state index contributed by atoms with van der Waals surface area (Å²) in [7, 11) is 0. The molecule has 202 valence electrons. The third kappa shape index (κ3) is 7.62. The zero-order chi connectivity index (χ0) is 28.0. The first-order valence-corrected chi connectivity index (χ1v) is 13.9. The Hall–Kier alpha value is -3.34. The van der Waals surface area contributed by atoms with Gasteiger partial charge < -0.3 is 10.2 Å². The van der Waals surface area contributed by atoms with Crippen LogP contribution < -0.4 is 5.32 Å². The van der Waals surface area contributed by atoms with Crippen molar-refractivity contribution in [2.45, 2.75) is 58.2 Å². The first kappa shape index (κ1) is 28.7. The van der Waals surface area contributed by atoms with Crippen molar-refractivity contribution in [3.05, 3.63) is 118 Å². The van der Waals surface area contributed by atoms with Crippen molar-refractivity contribution in [2.75, 3.05) is 0 Å². The second kappa shape index (κ2) is 12.7. The van der Waals surface area contributed by atoms with Crippen molar-refractivity contribution in [1.82, 2.24) is 10.2 Å². The van der Waals surface area contributed by atoms with Crippen LogP contribution in [0.5, 0.6) is 0 Å². The molecule has 0 bridgehead atoms. The third-order valence-electron chi connectivity index (χ3n) is 6.65. The molecule has 0 saturated carbocycles. The highest BCUT2D eigenvalue weighted by Crippen LogP contribution is 2.28. The smallest absolute Gasteiger partial charge is 0.243 e. The second-order valence-corrected chi connectivity index (χ2v) is 11.6. The maximum Gasteiger partial charge on any atom is 0.243 e. The van der Waals surface area contributed by atoms with Gasteiger partial charge in [0.1, 0.15) is 6.04 Å². The number of rotatable bonds is 9. The minimum Gasteiger partial charge on any atom is -0.350 e. The summed E-state index contributed by atoms with van der Waals surface area (Å²) in [6.07, 6.45) is 1.15. The van der Waals surface area contributed by atoms with Gasteiger partial charge in [-0.2, -0.15) is 0 Å². The lowest BCUT2D eigenvalue weighted by Crippen LogP contribution is -2.54. The normalized spacial score (nSPS) is 12.2. The first-order chi connectivity index (χ1) is 18.6. The molecule has 4 aromatic carbocycles. The monoisotopic (exact) mass is 560 g/mol. The molecule has 0 heterocycles. The maximum absolute atomic E-state index is 14.0. The van der Waals surface area contributed by atoms with Gasteiger partial charge in [-0.25, -0.2) is 0 Å². The molecule has 1 atom stereocenters. The highest BCUT2D eigenvalue weighted by atomic mass is 35.5. The summed E-state index contributed by atoms with van der Waals surface area (Å²) in [4.78, 5) is 29.4. The molecule has 0 fully saturated rings. The van der Waals surface area contributed by atoms with E-state index < -0.39 is 11.6 Å². The summed E-state index contributed by atoms with van der Waals surface area (Å²) >= 11 is 13.1. The summed E-state index contributed by atoms with van der Waals surface area (Å²) in [5, 5.41) is 6.27. The molecule has 0 aliphatic carbocycles. The van der Waals surface area contributed by atoms with Crippen molar-refractivity contribution >= 4 is 45.8 Å². The van der Waals surface area contributed by atoms with Gasteiger partial charge in [0, 0.05) is 40.5 Å². The third-order valence-corrected chi connectivity index (χ3v) is 7.36. The Kier molecular flexibility index (Phi) is 9.32. The fourth-order valence-electron chi connectivity index (χ4n) is 4.76. The van der Waals surface area contributed by atoms with Gasteiger partial charge in [0.15, 0.2) is 0 Å². The zero-order valence-corrected chi connectivity index (χ0v) is 24.1. The number of benzene rings is 4. The number of nitrogens with zero attached hydrogens (tertiary/aromatic N) is 1. The van der Waals surface area contributed by atoms with Crippen LogP contribution in [0.1, 0.15) is 43.9 Å². The number of carbonyl (C=O) groups is 2. The molecular formula is C33H34Cl2N2O2. The van der Waals surface area contributed by atoms with Gasteiger partial charge in [-0.15, -0.1) is 0 Å². The second-order valence-electron chi connectivity index (χ2n) is 10.8. The molecule has 4 nitrogen and oxygen atoms in total. The number of hydrogen-bond acceptors (Lipinski definition) is 2. The predicted octanol–water partition coefficient (Wildman–Crippen LogP) is 7.63. The standard InChI is InChI=1S/C33H34Cl2N2O2/c1-33(2,3)36-32(39)30(21-23-11-5-4-6-12-23)37(22-27-28(34)17-10-18-29(27)35)31(38)20-19-25-15-9-14-24-13-7-8-16-26(24)25/h4-18,30H,19-22H2,1-3H3,(H,36,39). The topological polar surface area (TPSA) is 49.4 Å². The van der Waals surface area contributed by atoms with Gasteiger partial charge in [0.2, 0.25) is 11.8 Å². The summed E-state index contributed by atoms with van der Waals surface area (Å²) in [5.74, 6) is -0.350. The summed E-state index contributed by atoms with van der Waals surface area (Å²) in [6.45, 7) is 5.92. The van der Waals surface area contributed by atoms with E-state index in [9.17, 15) is 9.59 Å². The number of hydrogen-bond donors (Lipinski definition) is 1. The Morgan fingerprint density at radius 1 is 0.821 bits per heavy atom. The van der Waals surface area contributed by atoms with E-state index >= 15 is 0 Å². The van der Waals surface area contributed by atoms with Crippen molar-refractivity contribution in [3.8, 4) is 0 Å². The largest absolute Gasteiger partial charge is 0.350 e. The highest BCUT2D eigenvalue weighted by Gasteiger charge is 2.32. The average molecular weight is 562 g/mol. The molecule has 0 radical (unpaired) electrons. The van der Waals surface area contributed by atoms with Crippen molar-refractivity contribution in [1.29, 1.82) is 0 Å². The van der Waals surface area contributed by atoms with Crippen LogP contribution in [0.3, 0.4) is 0 Å². The van der Waals surface area contributed by atoms with Crippen LogP contribution in [0.25, 0.3) is 10.8 Å². The fourth-order valence-corrected chi connectivity index (χ4v) is 5.27. The molecular weight excluding hydrogens is 527 g/mol. The summed E-state index contributed by atoms with van der Waals surface area (Å²) in [5.41, 5.74) is 2.21. The van der Waals surface area contributed by atoms with Crippen LogP contribution in [-0.4, -0.2) is 28.3 Å². The van der Waals surface area contributed by atoms with Crippen molar-refractivity contribution in [2.24, 2.45) is 0 Å². The van der Waals surface area contributed by atoms with E-state index in [-0.39, 0.29) is 24.8 Å². The molecule has 2 amide bonds. The molecule has 4 aromatic rings. The van der Waals surface area contributed by atoms with Gasteiger partial charge in [0.25, 0.3) is 0 Å². The molecule has 0 saturated heterocycles. The van der Waals surface area contributed by atoms with Crippen molar-refractivity contribution < 1.29 is 9.59 Å². The first-order valence-electron chi connectivity index (χ1n) is 13.2. The number of fused-ring (bicyclic) bond motifs is 1. The van der Waals surface area contributed by atoms with Gasteiger partial charge in [0.05, 0.1) is 0 Å². The molecule has 0 aromatic heterocycles. The van der Waals surface area contributed by atoms with Crippen molar-refractivity contribution in [3.63, 3.8) is 0 Å². The fraction of sp³-hybridized carbons (Fsp3) is 0.273. The average Bonchev–Trinajstić information content (AvgIpc) is 2.90. The molecule has 4 rings (SSSR count). The lowest BCUT2D eigenvalue weighted by molar-refractivity contribution is -0.141. The Morgan fingerprint density at radius 2 is 1.44 bits per heavy atom. The summed E-state index contributed by atoms with van der Waals surface area (Å²) in [6, 6.07) is 28.6. The molecule has 1 N–H and O–H groups in total. The lowest BCUT2D eigenvalue weighted by atomic mass is 9.98. The van der Waals surface area contributed by atoms with E-state index in [1.807, 2.05) is 69.3 Å². The summed E-state index contributed by atoms with van der Waals surface area (Å²) < 4.78 is 0. The van der Waals surface area contributed by atoms with Gasteiger partial charge in [-0.3, -0.25) is 9.59 Å². The van der Waals surface area contributed by atoms with Gasteiger partial charge in [-0.05, 0) is 61.2 Å². The Bertz CT molecular complexity index is 1420. The molecule has 1 unspecified atom stereocenters. The zero-order valence-electron chi connectivity index (χ0n) is 22.6. The van der Waals surface area contributed by atoms with E-state index in [0.717, 1.165) is 21.9 Å². The van der Waals surface area contributed by atoms with Crippen LogP contribution in [0.4, 0.5) is 0 Å². The number of amides is 2. The maximum atomic E-state index is 14.0. The number of carbonyl (C=O) groups excluding carboxylic acids is 2. The molecule has 0 aliphatic rings. The molecule has 0 spiro atoms. The Morgan fingerprint density at radius 3 is 2.13 bits per heavy atom. The molecule has 39 heavy (non-hydrogen) atoms. The van der Waals surface area contributed by atoms with Crippen LogP contribution in [0, 0.1) is 0 Å². The lowest BCUT2D eigenvalue weighted by Gasteiger charge is -2.34. The number of halogens is 2. The predicted molar refractivity (Wildman–Crippen MR) is 161 cm³/mol. The van der Waals surface area contributed by atoms with Crippen LogP contribution >= 0.6 is 23.2 Å². The van der Waals surface area contributed by atoms with E-state index in [1.54, 1.807) is 23.1 Å². The Balaban J connectivity index is 1.70. The highest BCUT2D eigenvalue weighted by molar-refractivity contribution is 6.36. The SMILES string of the molecule is CC(C)(C)NC(=O)C(Cc1ccccc1)N(Cc1c(Cl)cccc1Cl)C(=O)CCc1cccc2ccccc12. The van der Waals surface area contributed by atoms with Gasteiger partial charge in [-0.1, -0.05) is 102 Å². The van der Waals surface area contributed by atoms with Gasteiger partial charge >= 0.3 is 0 Å². The minimum atomic E-state index is -0.751.